The van der Waals surface area contributed by atoms with Crippen LogP contribution in [0.3, 0.4) is 0 Å². The van der Waals surface area contributed by atoms with Crippen molar-refractivity contribution in [2.45, 2.75) is 117 Å². The van der Waals surface area contributed by atoms with Crippen molar-refractivity contribution in [3.05, 3.63) is 23.3 Å². The zero-order valence-corrected chi connectivity index (χ0v) is 28.3. The number of likely N-dealkylation sites (tertiary alicyclic amines) is 1. The minimum Gasteiger partial charge on any atom is -0.475 e. The lowest BCUT2D eigenvalue weighted by molar-refractivity contribution is -0.176. The molecule has 2 heterocycles. The largest absolute Gasteiger partial charge is 0.475 e. The van der Waals surface area contributed by atoms with Crippen molar-refractivity contribution in [3.63, 3.8) is 0 Å². The lowest BCUT2D eigenvalue weighted by Crippen LogP contribution is -2.61. The van der Waals surface area contributed by atoms with Crippen molar-refractivity contribution in [1.29, 1.82) is 0 Å². The maximum Gasteiger partial charge on any atom is 0.412 e. The number of carbonyl (C=O) groups is 5. The van der Waals surface area contributed by atoms with Gasteiger partial charge in [-0.2, -0.15) is 0 Å². The van der Waals surface area contributed by atoms with E-state index in [-0.39, 0.29) is 61.8 Å². The fourth-order valence-electron chi connectivity index (χ4n) is 6.26. The van der Waals surface area contributed by atoms with Crippen LogP contribution in [0.1, 0.15) is 102 Å². The molecule has 1 aliphatic carbocycles. The molecular formula is C34H50N4O8. The standard InChI is InChI=1S/C34H50N4O8/c1-8-28(39)35-15-17-37-26-19-25(23(7)18-27(26)46-34(32(37)42)13-11-14-34)30(41)38(22(5)6)24-12-10-16-36(20-24)33(43)45-31(21(3)4)44-29(40)9-2/h18-19,21-22,24,31H,8-17,20H2,1-7H3,(H,35,39)/t24-,31?/m1/s1. The first kappa shape index (κ1) is 35.0. The van der Waals surface area contributed by atoms with E-state index < -0.39 is 24.0 Å². The topological polar surface area (TPSA) is 135 Å². The second-order valence-electron chi connectivity index (χ2n) is 13.1. The summed E-state index contributed by atoms with van der Waals surface area (Å²) in [5.74, 6) is -0.564. The number of aryl methyl sites for hydroxylation is 1. The Balaban J connectivity index is 1.57. The second kappa shape index (κ2) is 14.7. The minimum atomic E-state index is -0.997. The first-order valence-electron chi connectivity index (χ1n) is 16.7. The van der Waals surface area contributed by atoms with Crippen molar-refractivity contribution in [2.75, 3.05) is 31.1 Å². The molecule has 12 heteroatoms. The molecule has 0 aromatic heterocycles. The average molecular weight is 643 g/mol. The lowest BCUT2D eigenvalue weighted by Gasteiger charge is -2.47. The van der Waals surface area contributed by atoms with Crippen LogP contribution < -0.4 is 15.0 Å². The zero-order chi connectivity index (χ0) is 33.8. The Bertz CT molecular complexity index is 1320. The molecule has 1 unspecified atom stereocenters. The summed E-state index contributed by atoms with van der Waals surface area (Å²) in [6.07, 6.45) is 2.46. The normalized spacial score (nSPS) is 19.2. The van der Waals surface area contributed by atoms with Gasteiger partial charge in [0.05, 0.1) is 11.7 Å². The summed E-state index contributed by atoms with van der Waals surface area (Å²) < 4.78 is 17.3. The fourth-order valence-corrected chi connectivity index (χ4v) is 6.26. The van der Waals surface area contributed by atoms with Gasteiger partial charge in [-0.05, 0) is 70.6 Å². The first-order chi connectivity index (χ1) is 21.8. The van der Waals surface area contributed by atoms with Gasteiger partial charge in [0.2, 0.25) is 5.91 Å². The Morgan fingerprint density at radius 2 is 1.78 bits per heavy atom. The Labute approximate surface area is 272 Å². The number of anilines is 1. The molecule has 0 bridgehead atoms. The summed E-state index contributed by atoms with van der Waals surface area (Å²) in [5, 5.41) is 2.85. The molecule has 2 fully saturated rings. The van der Waals surface area contributed by atoms with Crippen LogP contribution in [-0.2, 0) is 23.9 Å². The summed E-state index contributed by atoms with van der Waals surface area (Å²) in [6.45, 7) is 14.1. The second-order valence-corrected chi connectivity index (χ2v) is 13.1. The Morgan fingerprint density at radius 1 is 1.07 bits per heavy atom. The zero-order valence-electron chi connectivity index (χ0n) is 28.3. The smallest absolute Gasteiger partial charge is 0.412 e. The van der Waals surface area contributed by atoms with Gasteiger partial charge in [0.25, 0.3) is 18.1 Å². The maximum absolute atomic E-state index is 14.3. The number of esters is 1. The van der Waals surface area contributed by atoms with Gasteiger partial charge >= 0.3 is 12.1 Å². The third kappa shape index (κ3) is 7.41. The van der Waals surface area contributed by atoms with Gasteiger partial charge in [-0.25, -0.2) is 4.79 Å². The first-order valence-corrected chi connectivity index (χ1v) is 16.7. The molecule has 1 spiro atoms. The van der Waals surface area contributed by atoms with Crippen LogP contribution in [0.25, 0.3) is 0 Å². The molecule has 1 N–H and O–H groups in total. The molecule has 1 aromatic carbocycles. The fraction of sp³-hybridized carbons (Fsp3) is 0.676. The van der Waals surface area contributed by atoms with E-state index in [2.05, 4.69) is 5.32 Å². The van der Waals surface area contributed by atoms with Gasteiger partial charge in [0, 0.05) is 56.5 Å². The van der Waals surface area contributed by atoms with E-state index in [1.165, 1.54) is 0 Å². The molecule has 3 aliphatic rings. The summed E-state index contributed by atoms with van der Waals surface area (Å²) in [7, 11) is 0. The number of nitrogens with one attached hydrogen (secondary N) is 1. The number of nitrogens with zero attached hydrogens (tertiary/aromatic N) is 3. The van der Waals surface area contributed by atoms with E-state index in [0.29, 0.717) is 55.6 Å². The number of rotatable bonds is 11. The van der Waals surface area contributed by atoms with Gasteiger partial charge in [0.1, 0.15) is 5.75 Å². The molecule has 1 saturated heterocycles. The van der Waals surface area contributed by atoms with Crippen LogP contribution in [-0.4, -0.2) is 89.7 Å². The molecule has 1 saturated carbocycles. The van der Waals surface area contributed by atoms with Crippen molar-refractivity contribution < 1.29 is 38.2 Å². The van der Waals surface area contributed by atoms with Crippen LogP contribution in [0, 0.1) is 12.8 Å². The van der Waals surface area contributed by atoms with Gasteiger partial charge in [-0.15, -0.1) is 0 Å². The van der Waals surface area contributed by atoms with Gasteiger partial charge in [-0.1, -0.05) is 27.7 Å². The average Bonchev–Trinajstić information content (AvgIpc) is 3.00. The summed E-state index contributed by atoms with van der Waals surface area (Å²) in [4.78, 5) is 70.1. The molecule has 1 aromatic rings. The Hall–Kier alpha value is -3.83. The third-order valence-electron chi connectivity index (χ3n) is 9.04. The summed E-state index contributed by atoms with van der Waals surface area (Å²) in [6, 6.07) is 3.10. The van der Waals surface area contributed by atoms with Crippen molar-refractivity contribution >= 4 is 35.5 Å². The lowest BCUT2D eigenvalue weighted by atomic mass is 9.77. The SMILES string of the molecule is CCC(=O)NCCN1C(=O)C2(CCC2)Oc2cc(C)c(C(=O)N(C(C)C)[C@@H]3CCCN(C(=O)OC(OC(=O)CC)C(C)C)C3)cc21. The Kier molecular flexibility index (Phi) is 11.2. The number of amides is 4. The molecule has 254 valence electrons. The molecule has 2 aliphatic heterocycles. The van der Waals surface area contributed by atoms with E-state index in [1.54, 1.807) is 34.6 Å². The predicted octanol–water partition coefficient (Wildman–Crippen LogP) is 4.56. The number of carbonyl (C=O) groups excluding carboxylic acids is 5. The number of fused-ring (bicyclic) bond motifs is 1. The molecule has 4 rings (SSSR count). The highest BCUT2D eigenvalue weighted by molar-refractivity contribution is 6.05. The predicted molar refractivity (Wildman–Crippen MR) is 171 cm³/mol. The van der Waals surface area contributed by atoms with Crippen molar-refractivity contribution in [2.24, 2.45) is 5.92 Å². The quantitative estimate of drug-likeness (QED) is 0.274. The number of piperidine rings is 1. The molecule has 12 nitrogen and oxygen atoms in total. The Morgan fingerprint density at radius 3 is 2.37 bits per heavy atom. The minimum absolute atomic E-state index is 0.0984. The van der Waals surface area contributed by atoms with Crippen molar-refractivity contribution in [3.8, 4) is 5.75 Å². The van der Waals surface area contributed by atoms with Crippen LogP contribution in [0.5, 0.6) is 5.75 Å². The highest BCUT2D eigenvalue weighted by Gasteiger charge is 2.52. The van der Waals surface area contributed by atoms with Gasteiger partial charge < -0.3 is 34.2 Å². The van der Waals surface area contributed by atoms with Crippen molar-refractivity contribution in [1.82, 2.24) is 15.1 Å². The van der Waals surface area contributed by atoms with E-state index in [0.717, 1.165) is 12.0 Å². The highest BCUT2D eigenvalue weighted by Crippen LogP contribution is 2.47. The van der Waals surface area contributed by atoms with Crippen LogP contribution in [0.15, 0.2) is 12.1 Å². The molecular weight excluding hydrogens is 592 g/mol. The molecule has 0 radical (unpaired) electrons. The van der Waals surface area contributed by atoms with Crippen LogP contribution in [0.2, 0.25) is 0 Å². The number of hydrogen-bond acceptors (Lipinski definition) is 8. The number of hydrogen-bond donors (Lipinski definition) is 1. The number of ether oxygens (including phenoxy) is 3. The van der Waals surface area contributed by atoms with Gasteiger partial charge in [-0.3, -0.25) is 19.2 Å². The van der Waals surface area contributed by atoms with Gasteiger partial charge in [0.15, 0.2) is 5.60 Å². The maximum atomic E-state index is 14.3. The third-order valence-corrected chi connectivity index (χ3v) is 9.04. The van der Waals surface area contributed by atoms with E-state index in [9.17, 15) is 24.0 Å². The van der Waals surface area contributed by atoms with Crippen LogP contribution in [0.4, 0.5) is 10.5 Å². The summed E-state index contributed by atoms with van der Waals surface area (Å²) in [5.41, 5.74) is 0.790. The molecule has 4 amide bonds. The summed E-state index contributed by atoms with van der Waals surface area (Å²) >= 11 is 0. The highest BCUT2D eigenvalue weighted by atomic mass is 16.7. The van der Waals surface area contributed by atoms with E-state index in [1.807, 2.05) is 40.7 Å². The number of benzene rings is 1. The van der Waals surface area contributed by atoms with E-state index >= 15 is 0 Å². The monoisotopic (exact) mass is 642 g/mol. The van der Waals surface area contributed by atoms with E-state index in [4.69, 9.17) is 14.2 Å². The molecule has 2 atom stereocenters. The van der Waals surface area contributed by atoms with Crippen LogP contribution >= 0.6 is 0 Å². The molecule has 46 heavy (non-hydrogen) atoms.